The van der Waals surface area contributed by atoms with Gasteiger partial charge < -0.3 is 4.52 Å². The van der Waals surface area contributed by atoms with Crippen molar-refractivity contribution < 1.29 is 17.7 Å². The summed E-state index contributed by atoms with van der Waals surface area (Å²) in [6.45, 7) is 1.67. The number of nitrogens with one attached hydrogen (secondary N) is 1. The van der Waals surface area contributed by atoms with E-state index in [1.807, 2.05) is 60.0 Å². The Kier molecular flexibility index (Phi) is 7.00. The summed E-state index contributed by atoms with van der Waals surface area (Å²) in [5.74, 6) is -0.179. The van der Waals surface area contributed by atoms with Crippen LogP contribution in [-0.4, -0.2) is 29.4 Å². The van der Waals surface area contributed by atoms with Gasteiger partial charge in [0.2, 0.25) is 5.82 Å². The Morgan fingerprint density at radius 1 is 0.780 bits per heavy atom. The minimum atomic E-state index is -4.04. The number of benzene rings is 4. The molecule has 0 aliphatic carbocycles. The number of aryl methyl sites for hydroxylation is 1. The van der Waals surface area contributed by atoms with E-state index in [4.69, 9.17) is 9.51 Å². The van der Waals surface area contributed by atoms with E-state index in [0.29, 0.717) is 17.0 Å². The standard InChI is InChI=1S/C31H22N4O4S2/c1-20-8-5-6-13-27(20)41(37,38)35-29(36)24-11-7-12-25(18-24)30-33-28(34-39-30)22-16-14-21(15-17-22)26-19-40-31(32-26)23-9-3-2-4-10-23/h2-19H,1H3,(H,35,36). The quantitative estimate of drug-likeness (QED) is 0.226. The van der Waals surface area contributed by atoms with Gasteiger partial charge in [0.25, 0.3) is 21.8 Å². The van der Waals surface area contributed by atoms with Crippen molar-refractivity contribution >= 4 is 27.3 Å². The van der Waals surface area contributed by atoms with Crippen LogP contribution in [0.25, 0.3) is 44.7 Å². The number of hydrogen-bond acceptors (Lipinski definition) is 8. The third-order valence-electron chi connectivity index (χ3n) is 6.37. The van der Waals surface area contributed by atoms with E-state index in [1.165, 1.54) is 18.2 Å². The Bertz CT molecular complexity index is 1970. The molecule has 1 amide bonds. The van der Waals surface area contributed by atoms with Crippen molar-refractivity contribution in [2.24, 2.45) is 0 Å². The summed E-state index contributed by atoms with van der Waals surface area (Å²) in [4.78, 5) is 22.1. The maximum Gasteiger partial charge on any atom is 0.265 e. The molecule has 6 aromatic rings. The van der Waals surface area contributed by atoms with Crippen LogP contribution in [0, 0.1) is 6.92 Å². The highest BCUT2D eigenvalue weighted by Crippen LogP contribution is 2.30. The van der Waals surface area contributed by atoms with Crippen LogP contribution in [0.3, 0.4) is 0 Å². The smallest absolute Gasteiger partial charge is 0.265 e. The second-order valence-electron chi connectivity index (χ2n) is 9.19. The topological polar surface area (TPSA) is 115 Å². The number of hydrogen-bond donors (Lipinski definition) is 1. The Balaban J connectivity index is 1.18. The number of nitrogens with zero attached hydrogens (tertiary/aromatic N) is 3. The third-order valence-corrected chi connectivity index (χ3v) is 8.75. The van der Waals surface area contributed by atoms with Gasteiger partial charge in [-0.05, 0) is 36.8 Å². The van der Waals surface area contributed by atoms with Gasteiger partial charge in [0.05, 0.1) is 10.6 Å². The van der Waals surface area contributed by atoms with E-state index in [0.717, 1.165) is 27.4 Å². The zero-order valence-electron chi connectivity index (χ0n) is 21.7. The van der Waals surface area contributed by atoms with Crippen LogP contribution in [0.2, 0.25) is 0 Å². The predicted molar refractivity (Wildman–Crippen MR) is 158 cm³/mol. The van der Waals surface area contributed by atoms with Gasteiger partial charge in [0, 0.05) is 33.2 Å². The normalized spacial score (nSPS) is 11.3. The minimum Gasteiger partial charge on any atom is -0.334 e. The van der Waals surface area contributed by atoms with Crippen LogP contribution < -0.4 is 4.72 Å². The molecule has 0 atom stereocenters. The van der Waals surface area contributed by atoms with Crippen LogP contribution in [-0.2, 0) is 10.0 Å². The van der Waals surface area contributed by atoms with Gasteiger partial charge >= 0.3 is 0 Å². The second-order valence-corrected chi connectivity index (χ2v) is 11.7. The monoisotopic (exact) mass is 578 g/mol. The summed E-state index contributed by atoms with van der Waals surface area (Å²) in [5, 5.41) is 7.08. The first-order valence-electron chi connectivity index (χ1n) is 12.6. The van der Waals surface area contributed by atoms with E-state index in [9.17, 15) is 13.2 Å². The number of rotatable bonds is 7. The lowest BCUT2D eigenvalue weighted by Crippen LogP contribution is -2.31. The van der Waals surface area contributed by atoms with Gasteiger partial charge in [-0.1, -0.05) is 84.0 Å². The van der Waals surface area contributed by atoms with Gasteiger partial charge in [0.15, 0.2) is 0 Å². The SMILES string of the molecule is Cc1ccccc1S(=O)(=O)NC(=O)c1cccc(-c2nc(-c3ccc(-c4csc(-c5ccccc5)n4)cc3)no2)c1. The highest BCUT2D eigenvalue weighted by Gasteiger charge is 2.21. The summed E-state index contributed by atoms with van der Waals surface area (Å²) in [5.41, 5.74) is 4.84. The Morgan fingerprint density at radius 3 is 2.27 bits per heavy atom. The lowest BCUT2D eigenvalue weighted by molar-refractivity contribution is 0.0981. The van der Waals surface area contributed by atoms with Gasteiger partial charge in [-0.15, -0.1) is 11.3 Å². The molecule has 0 unspecified atom stereocenters. The van der Waals surface area contributed by atoms with Crippen LogP contribution >= 0.6 is 11.3 Å². The maximum absolute atomic E-state index is 12.8. The zero-order chi connectivity index (χ0) is 28.4. The fraction of sp³-hybridized carbons (Fsp3) is 0.0323. The number of carbonyl (C=O) groups is 1. The lowest BCUT2D eigenvalue weighted by Gasteiger charge is -2.09. The number of aromatic nitrogens is 3. The van der Waals surface area contributed by atoms with Crippen LogP contribution in [0.4, 0.5) is 0 Å². The van der Waals surface area contributed by atoms with Gasteiger partial charge in [-0.2, -0.15) is 4.98 Å². The molecule has 8 nitrogen and oxygen atoms in total. The molecule has 1 N–H and O–H groups in total. The average Bonchev–Trinajstić information content (AvgIpc) is 3.69. The van der Waals surface area contributed by atoms with Crippen LogP contribution in [0.15, 0.2) is 118 Å². The summed E-state index contributed by atoms with van der Waals surface area (Å²) in [6, 6.07) is 30.6. The molecule has 4 aromatic carbocycles. The molecule has 6 rings (SSSR count). The molecule has 202 valence electrons. The first kappa shape index (κ1) is 26.3. The van der Waals surface area contributed by atoms with Gasteiger partial charge in [0.1, 0.15) is 5.01 Å². The van der Waals surface area contributed by atoms with Gasteiger partial charge in [-0.3, -0.25) is 4.79 Å². The summed E-state index contributed by atoms with van der Waals surface area (Å²) < 4.78 is 33.1. The van der Waals surface area contributed by atoms with Crippen molar-refractivity contribution in [3.63, 3.8) is 0 Å². The van der Waals surface area contributed by atoms with Crippen molar-refractivity contribution in [3.8, 4) is 44.7 Å². The van der Waals surface area contributed by atoms with E-state index in [1.54, 1.807) is 48.6 Å². The first-order chi connectivity index (χ1) is 19.9. The van der Waals surface area contributed by atoms with Crippen LogP contribution in [0.5, 0.6) is 0 Å². The number of amides is 1. The molecule has 0 aliphatic rings. The second kappa shape index (κ2) is 10.9. The van der Waals surface area contributed by atoms with E-state index >= 15 is 0 Å². The molecule has 10 heteroatoms. The zero-order valence-corrected chi connectivity index (χ0v) is 23.3. The molecular formula is C31H22N4O4S2. The molecule has 0 saturated heterocycles. The Labute approximate surface area is 240 Å². The first-order valence-corrected chi connectivity index (χ1v) is 14.9. The molecule has 0 radical (unpaired) electrons. The molecule has 0 saturated carbocycles. The lowest BCUT2D eigenvalue weighted by atomic mass is 10.1. The molecule has 0 spiro atoms. The minimum absolute atomic E-state index is 0.0449. The van der Waals surface area contributed by atoms with Crippen molar-refractivity contribution in [2.75, 3.05) is 0 Å². The predicted octanol–water partition coefficient (Wildman–Crippen LogP) is 6.62. The van der Waals surface area contributed by atoms with Crippen molar-refractivity contribution in [3.05, 3.63) is 120 Å². The largest absolute Gasteiger partial charge is 0.334 e. The number of thiazole rings is 1. The third kappa shape index (κ3) is 5.56. The summed E-state index contributed by atoms with van der Waals surface area (Å²) in [6.07, 6.45) is 0. The highest BCUT2D eigenvalue weighted by molar-refractivity contribution is 7.90. The van der Waals surface area contributed by atoms with E-state index in [-0.39, 0.29) is 16.3 Å². The van der Waals surface area contributed by atoms with Gasteiger partial charge in [-0.25, -0.2) is 18.1 Å². The van der Waals surface area contributed by atoms with Crippen molar-refractivity contribution in [2.45, 2.75) is 11.8 Å². The Hall–Kier alpha value is -4.93. The molecule has 2 aromatic heterocycles. The van der Waals surface area contributed by atoms with Crippen molar-refractivity contribution in [1.29, 1.82) is 0 Å². The summed E-state index contributed by atoms with van der Waals surface area (Å²) >= 11 is 1.59. The Morgan fingerprint density at radius 2 is 1.49 bits per heavy atom. The molecule has 2 heterocycles. The fourth-order valence-electron chi connectivity index (χ4n) is 4.26. The average molecular weight is 579 g/mol. The molecule has 0 bridgehead atoms. The van der Waals surface area contributed by atoms with Crippen molar-refractivity contribution in [1.82, 2.24) is 19.8 Å². The molecule has 0 aliphatic heterocycles. The molecule has 0 fully saturated rings. The fourth-order valence-corrected chi connectivity index (χ4v) is 6.31. The number of carbonyl (C=O) groups excluding carboxylic acids is 1. The summed E-state index contributed by atoms with van der Waals surface area (Å²) in [7, 11) is -4.04. The maximum atomic E-state index is 12.8. The van der Waals surface area contributed by atoms with Crippen LogP contribution in [0.1, 0.15) is 15.9 Å². The molecule has 41 heavy (non-hydrogen) atoms. The number of sulfonamides is 1. The highest BCUT2D eigenvalue weighted by atomic mass is 32.2. The van der Waals surface area contributed by atoms with E-state index in [2.05, 4.69) is 14.9 Å². The molecular weight excluding hydrogens is 556 g/mol. The van der Waals surface area contributed by atoms with E-state index < -0.39 is 15.9 Å².